The Labute approximate surface area is 128 Å². The zero-order valence-electron chi connectivity index (χ0n) is 12.5. The lowest BCUT2D eigenvalue weighted by Gasteiger charge is -2.03. The van der Waals surface area contributed by atoms with Crippen LogP contribution in [0.25, 0.3) is 17.2 Å². The highest BCUT2D eigenvalue weighted by atomic mass is 15.4. The third-order valence-electron chi connectivity index (χ3n) is 3.86. The van der Waals surface area contributed by atoms with Crippen molar-refractivity contribution < 1.29 is 0 Å². The van der Waals surface area contributed by atoms with E-state index in [0.717, 1.165) is 54.9 Å². The quantitative estimate of drug-likeness (QED) is 0.779. The molecule has 0 saturated carbocycles. The topological polar surface area (TPSA) is 60.6 Å². The van der Waals surface area contributed by atoms with Crippen molar-refractivity contribution in [1.82, 2.24) is 29.6 Å². The minimum atomic E-state index is 0.753. The van der Waals surface area contributed by atoms with Crippen molar-refractivity contribution in [3.8, 4) is 17.2 Å². The summed E-state index contributed by atoms with van der Waals surface area (Å²) in [5.74, 6) is 2.67. The molecular formula is C16H18N6. The van der Waals surface area contributed by atoms with Crippen LogP contribution in [-0.4, -0.2) is 37.4 Å². The summed E-state index contributed by atoms with van der Waals surface area (Å²) in [5, 5.41) is 7.91. The predicted octanol–water partition coefficient (Wildman–Crippen LogP) is 1.58. The van der Waals surface area contributed by atoms with Crippen molar-refractivity contribution in [1.29, 1.82) is 0 Å². The van der Waals surface area contributed by atoms with Gasteiger partial charge < -0.3 is 9.88 Å². The lowest BCUT2D eigenvalue weighted by atomic mass is 10.3. The van der Waals surface area contributed by atoms with E-state index in [4.69, 9.17) is 4.98 Å². The summed E-state index contributed by atoms with van der Waals surface area (Å²) in [6, 6.07) is 10.1. The molecule has 1 aromatic carbocycles. The molecule has 6 nitrogen and oxygen atoms in total. The Bertz CT molecular complexity index is 763. The molecule has 0 radical (unpaired) electrons. The molecule has 0 bridgehead atoms. The molecule has 3 aromatic rings. The summed E-state index contributed by atoms with van der Waals surface area (Å²) in [7, 11) is 0. The van der Waals surface area contributed by atoms with Crippen molar-refractivity contribution in [2.45, 2.75) is 19.9 Å². The second kappa shape index (κ2) is 5.38. The Morgan fingerprint density at radius 1 is 1.09 bits per heavy atom. The Morgan fingerprint density at radius 2 is 1.95 bits per heavy atom. The monoisotopic (exact) mass is 294 g/mol. The molecular weight excluding hydrogens is 276 g/mol. The Kier molecular flexibility index (Phi) is 3.23. The zero-order chi connectivity index (χ0) is 14.9. The van der Waals surface area contributed by atoms with Crippen LogP contribution in [0.15, 0.2) is 36.5 Å². The fraction of sp³-hybridized carbons (Fsp3) is 0.312. The highest BCUT2D eigenvalue weighted by molar-refractivity contribution is 5.53. The fourth-order valence-electron chi connectivity index (χ4n) is 2.81. The molecule has 0 saturated heterocycles. The van der Waals surface area contributed by atoms with Gasteiger partial charge in [0.25, 0.3) is 0 Å². The zero-order valence-corrected chi connectivity index (χ0v) is 12.5. The van der Waals surface area contributed by atoms with E-state index in [1.54, 1.807) is 0 Å². The van der Waals surface area contributed by atoms with Gasteiger partial charge in [0, 0.05) is 32.3 Å². The average molecular weight is 294 g/mol. The summed E-state index contributed by atoms with van der Waals surface area (Å²) in [6.07, 6.45) is 3.03. The number of fused-ring (bicyclic) bond motifs is 1. The number of nitrogens with zero attached hydrogens (tertiary/aromatic N) is 5. The highest BCUT2D eigenvalue weighted by Crippen LogP contribution is 2.21. The van der Waals surface area contributed by atoms with E-state index in [1.165, 1.54) is 0 Å². The van der Waals surface area contributed by atoms with E-state index in [2.05, 4.69) is 26.2 Å². The highest BCUT2D eigenvalue weighted by Gasteiger charge is 2.17. The number of imidazole rings is 1. The van der Waals surface area contributed by atoms with Crippen LogP contribution >= 0.6 is 0 Å². The summed E-state index contributed by atoms with van der Waals surface area (Å²) in [4.78, 5) is 9.36. The first-order valence-corrected chi connectivity index (χ1v) is 7.57. The Morgan fingerprint density at radius 3 is 2.82 bits per heavy atom. The fourth-order valence-corrected chi connectivity index (χ4v) is 2.81. The predicted molar refractivity (Wildman–Crippen MR) is 83.9 cm³/mol. The molecule has 2 aromatic heterocycles. The number of para-hydroxylation sites is 1. The van der Waals surface area contributed by atoms with Crippen molar-refractivity contribution in [2.75, 3.05) is 13.1 Å². The van der Waals surface area contributed by atoms with Gasteiger partial charge in [0.15, 0.2) is 5.82 Å². The molecule has 0 fully saturated rings. The minimum absolute atomic E-state index is 0.753. The van der Waals surface area contributed by atoms with E-state index in [-0.39, 0.29) is 0 Å². The number of aromatic nitrogens is 5. The smallest absolute Gasteiger partial charge is 0.183 e. The van der Waals surface area contributed by atoms with Crippen molar-refractivity contribution >= 4 is 0 Å². The van der Waals surface area contributed by atoms with Crippen LogP contribution in [0.5, 0.6) is 0 Å². The second-order valence-corrected chi connectivity index (χ2v) is 5.47. The Hall–Kier alpha value is -2.47. The largest absolute Gasteiger partial charge is 0.333 e. The molecule has 1 aliphatic rings. The van der Waals surface area contributed by atoms with Crippen LogP contribution in [0.3, 0.4) is 0 Å². The summed E-state index contributed by atoms with van der Waals surface area (Å²) >= 11 is 0. The van der Waals surface area contributed by atoms with Gasteiger partial charge in [-0.3, -0.25) is 0 Å². The molecule has 3 heterocycles. The third-order valence-corrected chi connectivity index (χ3v) is 3.86. The number of hydrogen-bond acceptors (Lipinski definition) is 4. The SMILES string of the molecule is Cc1nc(-c2cn3c(n2)CCNCC3)n(-c2ccccc2)n1. The first-order chi connectivity index (χ1) is 10.8. The van der Waals surface area contributed by atoms with E-state index >= 15 is 0 Å². The van der Waals surface area contributed by atoms with Crippen LogP contribution in [0.1, 0.15) is 11.6 Å². The maximum atomic E-state index is 4.78. The van der Waals surface area contributed by atoms with Gasteiger partial charge >= 0.3 is 0 Å². The molecule has 0 spiro atoms. The molecule has 0 aliphatic carbocycles. The van der Waals surface area contributed by atoms with Gasteiger partial charge in [-0.05, 0) is 19.1 Å². The van der Waals surface area contributed by atoms with Crippen LogP contribution in [0, 0.1) is 6.92 Å². The van der Waals surface area contributed by atoms with E-state index in [9.17, 15) is 0 Å². The molecule has 1 aliphatic heterocycles. The number of rotatable bonds is 2. The molecule has 0 amide bonds. The maximum Gasteiger partial charge on any atom is 0.183 e. The number of benzene rings is 1. The van der Waals surface area contributed by atoms with Crippen molar-refractivity contribution in [3.05, 3.63) is 48.2 Å². The molecule has 0 atom stereocenters. The number of aryl methyl sites for hydroxylation is 1. The third kappa shape index (κ3) is 2.31. The normalized spacial score (nSPS) is 14.6. The Balaban J connectivity index is 1.80. The maximum absolute atomic E-state index is 4.78. The second-order valence-electron chi connectivity index (χ2n) is 5.47. The lowest BCUT2D eigenvalue weighted by molar-refractivity contribution is 0.646. The van der Waals surface area contributed by atoms with Gasteiger partial charge in [-0.25, -0.2) is 14.6 Å². The number of nitrogens with one attached hydrogen (secondary N) is 1. The first-order valence-electron chi connectivity index (χ1n) is 7.57. The molecule has 0 unspecified atom stereocenters. The standard InChI is InChI=1S/C16H18N6/c1-12-18-16(22(20-12)13-5-3-2-4-6-13)14-11-21-10-9-17-8-7-15(21)19-14/h2-6,11,17H,7-10H2,1H3. The van der Waals surface area contributed by atoms with Gasteiger partial charge in [-0.2, -0.15) is 5.10 Å². The summed E-state index contributed by atoms with van der Waals surface area (Å²) in [5.41, 5.74) is 1.89. The molecule has 1 N–H and O–H groups in total. The van der Waals surface area contributed by atoms with Gasteiger partial charge in [0.2, 0.25) is 0 Å². The lowest BCUT2D eigenvalue weighted by Crippen LogP contribution is -2.17. The van der Waals surface area contributed by atoms with E-state index in [0.29, 0.717) is 0 Å². The minimum Gasteiger partial charge on any atom is -0.333 e. The summed E-state index contributed by atoms with van der Waals surface area (Å²) < 4.78 is 4.09. The first kappa shape index (κ1) is 13.2. The van der Waals surface area contributed by atoms with Crippen LogP contribution in [-0.2, 0) is 13.0 Å². The van der Waals surface area contributed by atoms with Crippen LogP contribution in [0.2, 0.25) is 0 Å². The van der Waals surface area contributed by atoms with Gasteiger partial charge in [0.05, 0.1) is 5.69 Å². The van der Waals surface area contributed by atoms with Gasteiger partial charge in [0.1, 0.15) is 17.3 Å². The number of hydrogen-bond donors (Lipinski definition) is 1. The van der Waals surface area contributed by atoms with Crippen molar-refractivity contribution in [2.24, 2.45) is 0 Å². The van der Waals surface area contributed by atoms with Gasteiger partial charge in [-0.1, -0.05) is 18.2 Å². The van der Waals surface area contributed by atoms with E-state index in [1.807, 2.05) is 41.9 Å². The molecule has 112 valence electrons. The van der Waals surface area contributed by atoms with Crippen LogP contribution in [0.4, 0.5) is 0 Å². The average Bonchev–Trinajstić information content (AvgIpc) is 3.05. The van der Waals surface area contributed by atoms with Gasteiger partial charge in [-0.15, -0.1) is 0 Å². The van der Waals surface area contributed by atoms with Crippen molar-refractivity contribution in [3.63, 3.8) is 0 Å². The van der Waals surface area contributed by atoms with E-state index < -0.39 is 0 Å². The molecule has 4 rings (SSSR count). The summed E-state index contributed by atoms with van der Waals surface area (Å²) in [6.45, 7) is 4.81. The molecule has 6 heteroatoms. The van der Waals surface area contributed by atoms with Crippen LogP contribution < -0.4 is 5.32 Å². The molecule has 22 heavy (non-hydrogen) atoms.